The summed E-state index contributed by atoms with van der Waals surface area (Å²) in [5.74, 6) is 0.756. The molecular weight excluding hydrogens is 384 g/mol. The van der Waals surface area contributed by atoms with E-state index in [1.54, 1.807) is 24.3 Å². The number of thioether (sulfide) groups is 1. The molecule has 3 rings (SSSR count). The molecule has 1 heterocycles. The van der Waals surface area contributed by atoms with Crippen molar-refractivity contribution in [1.82, 2.24) is 14.8 Å². The van der Waals surface area contributed by atoms with Gasteiger partial charge in [0.05, 0.1) is 5.25 Å². The quantitative estimate of drug-likeness (QED) is 0.446. The number of nitrogens with zero attached hydrogens (tertiary/aromatic N) is 3. The second kappa shape index (κ2) is 9.52. The summed E-state index contributed by atoms with van der Waals surface area (Å²) in [4.78, 5) is 23.9. The van der Waals surface area contributed by atoms with E-state index in [0.29, 0.717) is 17.7 Å². The van der Waals surface area contributed by atoms with Crippen molar-refractivity contribution in [2.24, 2.45) is 0 Å². The third kappa shape index (κ3) is 5.32. The third-order valence-corrected chi connectivity index (χ3v) is 5.61. The van der Waals surface area contributed by atoms with Gasteiger partial charge in [-0.1, -0.05) is 42.1 Å². The molecule has 0 aliphatic carbocycles. The molecule has 0 spiro atoms. The highest BCUT2D eigenvalue weighted by molar-refractivity contribution is 8.00. The van der Waals surface area contributed by atoms with Gasteiger partial charge in [-0.05, 0) is 50.6 Å². The molecule has 0 saturated carbocycles. The summed E-state index contributed by atoms with van der Waals surface area (Å²) < 4.78 is 2.04. The largest absolute Gasteiger partial charge is 0.325 e. The highest BCUT2D eigenvalue weighted by atomic mass is 32.2. The highest BCUT2D eigenvalue weighted by Crippen LogP contribution is 2.24. The van der Waals surface area contributed by atoms with Crippen molar-refractivity contribution in [1.29, 1.82) is 0 Å². The zero-order valence-corrected chi connectivity index (χ0v) is 17.6. The predicted octanol–water partition coefficient (Wildman–Crippen LogP) is 4.21. The van der Waals surface area contributed by atoms with Crippen molar-refractivity contribution in [2.45, 2.75) is 44.1 Å². The van der Waals surface area contributed by atoms with Crippen LogP contribution in [0.5, 0.6) is 0 Å². The lowest BCUT2D eigenvalue weighted by atomic mass is 10.1. The predicted molar refractivity (Wildman–Crippen MR) is 115 cm³/mol. The molecule has 150 valence electrons. The molecule has 3 aromatic rings. The van der Waals surface area contributed by atoms with Crippen LogP contribution in [0.1, 0.15) is 42.5 Å². The van der Waals surface area contributed by atoms with Gasteiger partial charge in [0.25, 0.3) is 0 Å². The Morgan fingerprint density at radius 3 is 2.38 bits per heavy atom. The number of amides is 1. The molecule has 6 nitrogen and oxygen atoms in total. The van der Waals surface area contributed by atoms with E-state index in [2.05, 4.69) is 27.6 Å². The molecule has 1 amide bonds. The maximum atomic E-state index is 12.6. The Hall–Kier alpha value is -2.93. The third-order valence-electron chi connectivity index (χ3n) is 4.53. The number of hydrogen-bond donors (Lipinski definition) is 1. The number of aromatic nitrogens is 3. The van der Waals surface area contributed by atoms with Crippen molar-refractivity contribution in [2.75, 3.05) is 5.32 Å². The lowest BCUT2D eigenvalue weighted by Crippen LogP contribution is -2.23. The van der Waals surface area contributed by atoms with Gasteiger partial charge < -0.3 is 9.88 Å². The number of benzene rings is 2. The number of ketones is 1. The van der Waals surface area contributed by atoms with E-state index in [9.17, 15) is 9.59 Å². The monoisotopic (exact) mass is 408 g/mol. The smallest absolute Gasteiger partial charge is 0.237 e. The van der Waals surface area contributed by atoms with Crippen LogP contribution in [0.2, 0.25) is 0 Å². The van der Waals surface area contributed by atoms with Crippen LogP contribution in [-0.4, -0.2) is 31.7 Å². The molecule has 2 aromatic carbocycles. The van der Waals surface area contributed by atoms with Crippen molar-refractivity contribution in [3.8, 4) is 0 Å². The summed E-state index contributed by atoms with van der Waals surface area (Å²) in [5.41, 5.74) is 2.45. The maximum Gasteiger partial charge on any atom is 0.237 e. The average molecular weight is 409 g/mol. The lowest BCUT2D eigenvalue weighted by molar-refractivity contribution is -0.115. The fraction of sp³-hybridized carbons (Fsp3) is 0.273. The van der Waals surface area contributed by atoms with Gasteiger partial charge in [0.1, 0.15) is 5.82 Å². The first-order valence-electron chi connectivity index (χ1n) is 9.52. The van der Waals surface area contributed by atoms with E-state index in [4.69, 9.17) is 0 Å². The van der Waals surface area contributed by atoms with Crippen LogP contribution in [0.3, 0.4) is 0 Å². The van der Waals surface area contributed by atoms with E-state index in [1.165, 1.54) is 24.2 Å². The molecule has 1 atom stereocenters. The summed E-state index contributed by atoms with van der Waals surface area (Å²) in [6.07, 6.45) is 0.700. The first kappa shape index (κ1) is 20.8. The van der Waals surface area contributed by atoms with E-state index in [-0.39, 0.29) is 16.9 Å². The second-order valence-electron chi connectivity index (χ2n) is 6.69. The van der Waals surface area contributed by atoms with Crippen LogP contribution in [0.4, 0.5) is 5.69 Å². The van der Waals surface area contributed by atoms with Crippen LogP contribution in [0.15, 0.2) is 59.8 Å². The molecule has 0 aliphatic heterocycles. The van der Waals surface area contributed by atoms with Gasteiger partial charge in [-0.3, -0.25) is 9.59 Å². The molecule has 7 heteroatoms. The Labute approximate surface area is 174 Å². The average Bonchev–Trinajstić information content (AvgIpc) is 3.10. The topological polar surface area (TPSA) is 76.9 Å². The van der Waals surface area contributed by atoms with Crippen LogP contribution in [-0.2, 0) is 17.8 Å². The first-order chi connectivity index (χ1) is 14.0. The van der Waals surface area contributed by atoms with Gasteiger partial charge in [0.2, 0.25) is 5.91 Å². The van der Waals surface area contributed by atoms with E-state index in [1.807, 2.05) is 36.6 Å². The number of hydrogen-bond acceptors (Lipinski definition) is 5. The Bertz CT molecular complexity index is 984. The van der Waals surface area contributed by atoms with Crippen LogP contribution < -0.4 is 5.32 Å². The Morgan fingerprint density at radius 1 is 1.07 bits per heavy atom. The Balaban J connectivity index is 1.65. The van der Waals surface area contributed by atoms with E-state index >= 15 is 0 Å². The van der Waals surface area contributed by atoms with Gasteiger partial charge in [-0.25, -0.2) is 0 Å². The summed E-state index contributed by atoms with van der Waals surface area (Å²) in [6, 6.07) is 17.0. The molecule has 0 unspecified atom stereocenters. The SMILES string of the molecule is CCn1c(Cc2ccccc2)nnc1S[C@@H](C)C(=O)Nc1ccc(C(C)=O)cc1. The Morgan fingerprint density at radius 2 is 1.76 bits per heavy atom. The number of rotatable bonds is 8. The molecule has 0 saturated heterocycles. The maximum absolute atomic E-state index is 12.6. The van der Waals surface area contributed by atoms with Gasteiger partial charge in [-0.2, -0.15) is 0 Å². The van der Waals surface area contributed by atoms with E-state index < -0.39 is 0 Å². The molecular formula is C22H24N4O2S. The number of nitrogens with one attached hydrogen (secondary N) is 1. The molecule has 0 fully saturated rings. The van der Waals surface area contributed by atoms with E-state index in [0.717, 1.165) is 17.5 Å². The first-order valence-corrected chi connectivity index (χ1v) is 10.4. The summed E-state index contributed by atoms with van der Waals surface area (Å²) >= 11 is 1.38. The zero-order chi connectivity index (χ0) is 20.8. The molecule has 0 aliphatic rings. The minimum atomic E-state index is -0.346. The minimum Gasteiger partial charge on any atom is -0.325 e. The summed E-state index contributed by atoms with van der Waals surface area (Å²) in [6.45, 7) is 6.14. The van der Waals surface area contributed by atoms with Crippen LogP contribution >= 0.6 is 11.8 Å². The van der Waals surface area contributed by atoms with Gasteiger partial charge >= 0.3 is 0 Å². The fourth-order valence-corrected chi connectivity index (χ4v) is 3.81. The standard InChI is InChI=1S/C22H24N4O2S/c1-4-26-20(14-17-8-6-5-7-9-17)24-25-22(26)29-16(3)21(28)23-19-12-10-18(11-13-19)15(2)27/h5-13,16H,4,14H2,1-3H3,(H,23,28)/t16-/m0/s1. The van der Waals surface area contributed by atoms with Crippen LogP contribution in [0.25, 0.3) is 0 Å². The highest BCUT2D eigenvalue weighted by Gasteiger charge is 2.20. The van der Waals surface area contributed by atoms with Crippen molar-refractivity contribution >= 4 is 29.1 Å². The van der Waals surface area contributed by atoms with Crippen molar-refractivity contribution in [3.63, 3.8) is 0 Å². The minimum absolute atomic E-state index is 0.00277. The summed E-state index contributed by atoms with van der Waals surface area (Å²) in [7, 11) is 0. The van der Waals surface area contributed by atoms with Crippen molar-refractivity contribution < 1.29 is 9.59 Å². The zero-order valence-electron chi connectivity index (χ0n) is 16.8. The fourth-order valence-electron chi connectivity index (χ4n) is 2.88. The van der Waals surface area contributed by atoms with Gasteiger partial charge in [0, 0.05) is 24.2 Å². The molecule has 1 aromatic heterocycles. The normalized spacial score (nSPS) is 11.8. The number of carbonyl (C=O) groups excluding carboxylic acids is 2. The Kier molecular flexibility index (Phi) is 6.82. The number of carbonyl (C=O) groups is 2. The van der Waals surface area contributed by atoms with Crippen molar-refractivity contribution in [3.05, 3.63) is 71.5 Å². The molecule has 29 heavy (non-hydrogen) atoms. The molecule has 0 bridgehead atoms. The summed E-state index contributed by atoms with van der Waals surface area (Å²) in [5, 5.41) is 11.9. The number of anilines is 1. The lowest BCUT2D eigenvalue weighted by Gasteiger charge is -2.13. The second-order valence-corrected chi connectivity index (χ2v) is 8.00. The molecule has 1 N–H and O–H groups in total. The molecule has 0 radical (unpaired) electrons. The van der Waals surface area contributed by atoms with Gasteiger partial charge in [0.15, 0.2) is 10.9 Å². The van der Waals surface area contributed by atoms with Crippen LogP contribution in [0, 0.1) is 0 Å². The van der Waals surface area contributed by atoms with Gasteiger partial charge in [-0.15, -0.1) is 10.2 Å². The number of Topliss-reactive ketones (excluding diaryl/α,β-unsaturated/α-hetero) is 1.